The van der Waals surface area contributed by atoms with E-state index in [1.165, 1.54) is 18.9 Å². The molecule has 92 valence electrons. The molecule has 17 heavy (non-hydrogen) atoms. The Kier molecular flexibility index (Phi) is 3.05. The highest BCUT2D eigenvalue weighted by molar-refractivity contribution is 5.85. The standard InChI is InChI=1S/C13H18N2O2/c1-9(2)13(5-6-13)8-15-10-3-4-11(12(16)17)14-7-10/h3-4,7,9,15H,5-6,8H2,1-2H3,(H,16,17). The second-order valence-electron chi connectivity index (χ2n) is 5.11. The van der Waals surface area contributed by atoms with Gasteiger partial charge in [0.15, 0.2) is 0 Å². The third-order valence-electron chi connectivity index (χ3n) is 3.74. The summed E-state index contributed by atoms with van der Waals surface area (Å²) in [6, 6.07) is 3.30. The van der Waals surface area contributed by atoms with E-state index < -0.39 is 5.97 Å². The molecule has 0 amide bonds. The second-order valence-corrected chi connectivity index (χ2v) is 5.11. The molecule has 0 bridgehead atoms. The lowest BCUT2D eigenvalue weighted by Gasteiger charge is -2.20. The first-order valence-corrected chi connectivity index (χ1v) is 5.97. The number of nitrogens with one attached hydrogen (secondary N) is 1. The third kappa shape index (κ3) is 2.57. The summed E-state index contributed by atoms with van der Waals surface area (Å²) in [5.41, 5.74) is 1.41. The second kappa shape index (κ2) is 4.35. The van der Waals surface area contributed by atoms with E-state index in [4.69, 9.17) is 5.11 Å². The Hall–Kier alpha value is -1.58. The maximum Gasteiger partial charge on any atom is 0.354 e. The van der Waals surface area contributed by atoms with Crippen molar-refractivity contribution in [3.8, 4) is 0 Å². The molecule has 0 radical (unpaired) electrons. The van der Waals surface area contributed by atoms with Crippen molar-refractivity contribution < 1.29 is 9.90 Å². The van der Waals surface area contributed by atoms with Gasteiger partial charge in [0, 0.05) is 6.54 Å². The Morgan fingerprint density at radius 2 is 2.24 bits per heavy atom. The Balaban J connectivity index is 1.94. The van der Waals surface area contributed by atoms with Crippen molar-refractivity contribution >= 4 is 11.7 Å². The number of anilines is 1. The molecule has 4 nitrogen and oxygen atoms in total. The van der Waals surface area contributed by atoms with Crippen molar-refractivity contribution in [3.63, 3.8) is 0 Å². The Labute approximate surface area is 101 Å². The topological polar surface area (TPSA) is 62.2 Å². The van der Waals surface area contributed by atoms with Gasteiger partial charge in [0.05, 0.1) is 11.9 Å². The molecule has 1 aliphatic rings. The number of aromatic nitrogens is 1. The number of rotatable bonds is 5. The summed E-state index contributed by atoms with van der Waals surface area (Å²) in [5.74, 6) is -0.307. The predicted molar refractivity (Wildman–Crippen MR) is 66.2 cm³/mol. The van der Waals surface area contributed by atoms with Crippen molar-refractivity contribution in [2.45, 2.75) is 26.7 Å². The van der Waals surface area contributed by atoms with Gasteiger partial charge >= 0.3 is 5.97 Å². The SMILES string of the molecule is CC(C)C1(CNc2ccc(C(=O)O)nc2)CC1. The van der Waals surface area contributed by atoms with Gasteiger partial charge in [-0.1, -0.05) is 13.8 Å². The number of pyridine rings is 1. The van der Waals surface area contributed by atoms with Crippen LogP contribution in [0.3, 0.4) is 0 Å². The summed E-state index contributed by atoms with van der Waals surface area (Å²) in [4.78, 5) is 14.5. The van der Waals surface area contributed by atoms with Crippen LogP contribution in [0.1, 0.15) is 37.2 Å². The minimum atomic E-state index is -0.989. The fourth-order valence-corrected chi connectivity index (χ4v) is 2.02. The third-order valence-corrected chi connectivity index (χ3v) is 3.74. The van der Waals surface area contributed by atoms with Gasteiger partial charge in [0.1, 0.15) is 5.69 Å². The van der Waals surface area contributed by atoms with Gasteiger partial charge in [-0.15, -0.1) is 0 Å². The van der Waals surface area contributed by atoms with Crippen LogP contribution in [0.5, 0.6) is 0 Å². The molecule has 0 unspecified atom stereocenters. The molecule has 2 rings (SSSR count). The minimum absolute atomic E-state index is 0.0838. The molecule has 1 aliphatic carbocycles. The minimum Gasteiger partial charge on any atom is -0.477 e. The number of hydrogen-bond donors (Lipinski definition) is 2. The van der Waals surface area contributed by atoms with Gasteiger partial charge in [-0.25, -0.2) is 9.78 Å². The van der Waals surface area contributed by atoms with Crippen LogP contribution in [-0.2, 0) is 0 Å². The normalized spacial score (nSPS) is 16.9. The molecule has 4 heteroatoms. The zero-order valence-electron chi connectivity index (χ0n) is 10.2. The van der Waals surface area contributed by atoms with E-state index in [0.717, 1.165) is 12.2 Å². The Morgan fingerprint density at radius 3 is 2.65 bits per heavy atom. The summed E-state index contributed by atoms with van der Waals surface area (Å²) in [6.45, 7) is 5.44. The molecule has 1 saturated carbocycles. The number of carboxylic acids is 1. The molecule has 1 aromatic heterocycles. The first-order valence-electron chi connectivity index (χ1n) is 5.97. The first-order chi connectivity index (χ1) is 8.03. The summed E-state index contributed by atoms with van der Waals surface area (Å²) in [7, 11) is 0. The van der Waals surface area contributed by atoms with Gasteiger partial charge in [-0.2, -0.15) is 0 Å². The quantitative estimate of drug-likeness (QED) is 0.822. The fraction of sp³-hybridized carbons (Fsp3) is 0.538. The van der Waals surface area contributed by atoms with Crippen LogP contribution in [-0.4, -0.2) is 22.6 Å². The number of hydrogen-bond acceptors (Lipinski definition) is 3. The summed E-state index contributed by atoms with van der Waals surface area (Å²) < 4.78 is 0. The molecule has 0 saturated heterocycles. The van der Waals surface area contributed by atoms with E-state index in [0.29, 0.717) is 11.3 Å². The van der Waals surface area contributed by atoms with E-state index in [2.05, 4.69) is 24.1 Å². The molecule has 1 aromatic rings. The lowest BCUT2D eigenvalue weighted by atomic mass is 9.92. The lowest BCUT2D eigenvalue weighted by Crippen LogP contribution is -2.21. The van der Waals surface area contributed by atoms with E-state index >= 15 is 0 Å². The molecule has 0 atom stereocenters. The number of nitrogens with zero attached hydrogens (tertiary/aromatic N) is 1. The summed E-state index contributed by atoms with van der Waals surface area (Å²) in [6.07, 6.45) is 4.14. The van der Waals surface area contributed by atoms with Crippen molar-refractivity contribution in [3.05, 3.63) is 24.0 Å². The molecule has 2 N–H and O–H groups in total. The lowest BCUT2D eigenvalue weighted by molar-refractivity contribution is 0.0690. The molecular weight excluding hydrogens is 216 g/mol. The molecule has 0 aromatic carbocycles. The van der Waals surface area contributed by atoms with E-state index in [-0.39, 0.29) is 5.69 Å². The van der Waals surface area contributed by atoms with Crippen LogP contribution in [0.4, 0.5) is 5.69 Å². The average Bonchev–Trinajstić information content (AvgIpc) is 3.08. The van der Waals surface area contributed by atoms with Crippen molar-refractivity contribution in [2.75, 3.05) is 11.9 Å². The zero-order chi connectivity index (χ0) is 12.5. The van der Waals surface area contributed by atoms with Crippen molar-refractivity contribution in [1.29, 1.82) is 0 Å². The number of carboxylic acid groups (broad SMARTS) is 1. The van der Waals surface area contributed by atoms with E-state index in [1.807, 2.05) is 0 Å². The monoisotopic (exact) mass is 234 g/mol. The maximum atomic E-state index is 10.6. The molecule has 1 fully saturated rings. The average molecular weight is 234 g/mol. The molecule has 0 aliphatic heterocycles. The summed E-state index contributed by atoms with van der Waals surface area (Å²) in [5, 5.41) is 12.1. The predicted octanol–water partition coefficient (Wildman–Crippen LogP) is 2.63. The van der Waals surface area contributed by atoms with E-state index in [9.17, 15) is 4.79 Å². The van der Waals surface area contributed by atoms with Gasteiger partial charge in [0.25, 0.3) is 0 Å². The van der Waals surface area contributed by atoms with E-state index in [1.54, 1.807) is 12.3 Å². The molecular formula is C13H18N2O2. The van der Waals surface area contributed by atoms with Crippen LogP contribution in [0, 0.1) is 11.3 Å². The highest BCUT2D eigenvalue weighted by atomic mass is 16.4. The van der Waals surface area contributed by atoms with Gasteiger partial charge < -0.3 is 10.4 Å². The van der Waals surface area contributed by atoms with Crippen LogP contribution in [0.15, 0.2) is 18.3 Å². The maximum absolute atomic E-state index is 10.6. The van der Waals surface area contributed by atoms with Gasteiger partial charge in [0.2, 0.25) is 0 Å². The van der Waals surface area contributed by atoms with Crippen molar-refractivity contribution in [2.24, 2.45) is 11.3 Å². The van der Waals surface area contributed by atoms with Crippen molar-refractivity contribution in [1.82, 2.24) is 4.98 Å². The highest BCUT2D eigenvalue weighted by Crippen LogP contribution is 2.51. The van der Waals surface area contributed by atoms with Crippen LogP contribution in [0.25, 0.3) is 0 Å². The number of aromatic carboxylic acids is 1. The largest absolute Gasteiger partial charge is 0.477 e. The highest BCUT2D eigenvalue weighted by Gasteiger charge is 2.44. The summed E-state index contributed by atoms with van der Waals surface area (Å²) >= 11 is 0. The zero-order valence-corrected chi connectivity index (χ0v) is 10.2. The Morgan fingerprint density at radius 1 is 1.53 bits per heavy atom. The number of carbonyl (C=O) groups is 1. The fourth-order valence-electron chi connectivity index (χ4n) is 2.02. The first kappa shape index (κ1) is 11.9. The van der Waals surface area contributed by atoms with Crippen LogP contribution >= 0.6 is 0 Å². The smallest absolute Gasteiger partial charge is 0.354 e. The Bertz CT molecular complexity index is 408. The van der Waals surface area contributed by atoms with Gasteiger partial charge in [-0.3, -0.25) is 0 Å². The molecule has 0 spiro atoms. The molecule has 1 heterocycles. The van der Waals surface area contributed by atoms with Crippen LogP contribution in [0.2, 0.25) is 0 Å². The van der Waals surface area contributed by atoms with Gasteiger partial charge in [-0.05, 0) is 36.3 Å². The van der Waals surface area contributed by atoms with Crippen LogP contribution < -0.4 is 5.32 Å².